The van der Waals surface area contributed by atoms with E-state index in [9.17, 15) is 22.7 Å². The zero-order valence-electron chi connectivity index (χ0n) is 8.90. The van der Waals surface area contributed by atoms with Crippen molar-refractivity contribution < 1.29 is 22.7 Å². The summed E-state index contributed by atoms with van der Waals surface area (Å²) in [6, 6.07) is 2.14. The third kappa shape index (κ3) is 2.52. The van der Waals surface area contributed by atoms with Crippen molar-refractivity contribution in [2.75, 3.05) is 0 Å². The molecule has 0 radical (unpaired) electrons. The summed E-state index contributed by atoms with van der Waals surface area (Å²) in [6.45, 7) is 2.98. The molecule has 0 aliphatic rings. The highest BCUT2D eigenvalue weighted by atomic mass is 19.4. The lowest BCUT2D eigenvalue weighted by Crippen LogP contribution is -2.22. The Kier molecular flexibility index (Phi) is 3.28. The molecule has 1 unspecified atom stereocenters. The summed E-state index contributed by atoms with van der Waals surface area (Å²) in [4.78, 5) is 0. The molecule has 1 aromatic carbocycles. The molecule has 1 aromatic rings. The maximum absolute atomic E-state index is 13.4. The van der Waals surface area contributed by atoms with Crippen molar-refractivity contribution in [1.82, 2.24) is 0 Å². The Labute approximate surface area is 90.7 Å². The molecule has 1 rings (SSSR count). The quantitative estimate of drug-likeness (QED) is 0.779. The number of rotatable bonds is 2. The van der Waals surface area contributed by atoms with Crippen LogP contribution in [0.3, 0.4) is 0 Å². The van der Waals surface area contributed by atoms with Crippen LogP contribution in [0.2, 0.25) is 0 Å². The first kappa shape index (κ1) is 13.0. The minimum Gasteiger partial charge on any atom is -0.385 e. The Bertz CT molecular complexity index is 382. The third-order valence-corrected chi connectivity index (χ3v) is 2.57. The first-order valence-electron chi connectivity index (χ1n) is 4.78. The van der Waals surface area contributed by atoms with Crippen molar-refractivity contribution >= 4 is 0 Å². The first-order valence-corrected chi connectivity index (χ1v) is 4.78. The van der Waals surface area contributed by atoms with Gasteiger partial charge in [-0.25, -0.2) is 4.39 Å². The van der Waals surface area contributed by atoms with Crippen molar-refractivity contribution in [1.29, 1.82) is 0 Å². The minimum atomic E-state index is -4.57. The molecule has 5 heteroatoms. The molecule has 0 fully saturated rings. The second-order valence-electron chi connectivity index (χ2n) is 3.82. The zero-order valence-corrected chi connectivity index (χ0v) is 8.90. The van der Waals surface area contributed by atoms with E-state index in [0.29, 0.717) is 6.07 Å². The average molecular weight is 236 g/mol. The molecule has 0 amide bonds. The van der Waals surface area contributed by atoms with Crippen molar-refractivity contribution in [2.24, 2.45) is 0 Å². The topological polar surface area (TPSA) is 20.2 Å². The third-order valence-electron chi connectivity index (χ3n) is 2.57. The molecule has 0 saturated heterocycles. The lowest BCUT2D eigenvalue weighted by atomic mass is 9.92. The van der Waals surface area contributed by atoms with E-state index in [2.05, 4.69) is 0 Å². The molecular formula is C11H12F4O. The van der Waals surface area contributed by atoms with E-state index in [0.717, 1.165) is 12.1 Å². The number of benzene rings is 1. The van der Waals surface area contributed by atoms with Crippen LogP contribution in [0.15, 0.2) is 18.2 Å². The molecule has 0 aromatic heterocycles. The van der Waals surface area contributed by atoms with Gasteiger partial charge in [0.05, 0.1) is 11.2 Å². The average Bonchev–Trinajstić information content (AvgIpc) is 2.16. The molecule has 0 heterocycles. The van der Waals surface area contributed by atoms with Gasteiger partial charge in [0.25, 0.3) is 0 Å². The summed E-state index contributed by atoms with van der Waals surface area (Å²) in [5.41, 5.74) is -2.63. The van der Waals surface area contributed by atoms with Gasteiger partial charge in [0.1, 0.15) is 5.82 Å². The van der Waals surface area contributed by atoms with Crippen LogP contribution in [-0.4, -0.2) is 5.11 Å². The highest BCUT2D eigenvalue weighted by Gasteiger charge is 2.33. The Morgan fingerprint density at radius 1 is 1.25 bits per heavy atom. The number of aliphatic hydroxyl groups is 1. The van der Waals surface area contributed by atoms with Gasteiger partial charge in [-0.05, 0) is 25.5 Å². The highest BCUT2D eigenvalue weighted by Crippen LogP contribution is 2.33. The monoisotopic (exact) mass is 236 g/mol. The summed E-state index contributed by atoms with van der Waals surface area (Å²) in [7, 11) is 0. The summed E-state index contributed by atoms with van der Waals surface area (Å²) in [5, 5.41) is 9.75. The number of hydrogen-bond donors (Lipinski definition) is 1. The maximum Gasteiger partial charge on any atom is 0.416 e. The summed E-state index contributed by atoms with van der Waals surface area (Å²) in [6.07, 6.45) is -4.35. The van der Waals surface area contributed by atoms with Crippen LogP contribution in [0, 0.1) is 5.82 Å². The fraction of sp³-hybridized carbons (Fsp3) is 0.455. The SMILES string of the molecule is CCC(C)(O)c1ccc(C(F)(F)F)cc1F. The first-order chi connectivity index (χ1) is 7.18. The van der Waals surface area contributed by atoms with Gasteiger partial charge in [-0.15, -0.1) is 0 Å². The van der Waals surface area contributed by atoms with Crippen LogP contribution in [0.4, 0.5) is 17.6 Å². The summed E-state index contributed by atoms with van der Waals surface area (Å²) >= 11 is 0. The van der Waals surface area contributed by atoms with E-state index < -0.39 is 23.2 Å². The molecule has 1 nitrogen and oxygen atoms in total. The molecule has 0 spiro atoms. The second-order valence-corrected chi connectivity index (χ2v) is 3.82. The van der Waals surface area contributed by atoms with E-state index >= 15 is 0 Å². The van der Waals surface area contributed by atoms with Crippen LogP contribution in [-0.2, 0) is 11.8 Å². The Balaban J connectivity index is 3.20. The van der Waals surface area contributed by atoms with Gasteiger partial charge in [-0.3, -0.25) is 0 Å². The van der Waals surface area contributed by atoms with Gasteiger partial charge in [0.15, 0.2) is 0 Å². The van der Waals surface area contributed by atoms with E-state index in [1.54, 1.807) is 6.92 Å². The molecule has 0 aliphatic heterocycles. The number of hydrogen-bond acceptors (Lipinski definition) is 1. The van der Waals surface area contributed by atoms with Gasteiger partial charge in [-0.1, -0.05) is 13.0 Å². The van der Waals surface area contributed by atoms with E-state index in [1.165, 1.54) is 6.92 Å². The smallest absolute Gasteiger partial charge is 0.385 e. The lowest BCUT2D eigenvalue weighted by Gasteiger charge is -2.23. The summed E-state index contributed by atoms with van der Waals surface area (Å²) < 4.78 is 50.1. The fourth-order valence-corrected chi connectivity index (χ4v) is 1.32. The van der Waals surface area contributed by atoms with Crippen LogP contribution >= 0.6 is 0 Å². The van der Waals surface area contributed by atoms with E-state index in [1.807, 2.05) is 0 Å². The molecule has 1 atom stereocenters. The predicted octanol–water partition coefficient (Wildman–Crippen LogP) is 3.46. The van der Waals surface area contributed by atoms with E-state index in [-0.39, 0.29) is 12.0 Å². The Morgan fingerprint density at radius 2 is 1.81 bits per heavy atom. The number of halogens is 4. The van der Waals surface area contributed by atoms with Gasteiger partial charge < -0.3 is 5.11 Å². The minimum absolute atomic E-state index is 0.122. The Hall–Kier alpha value is -1.10. The molecule has 0 bridgehead atoms. The standard InChI is InChI=1S/C11H12F4O/c1-3-10(2,16)8-5-4-7(6-9(8)12)11(13,14)15/h4-6,16H,3H2,1-2H3. The lowest BCUT2D eigenvalue weighted by molar-refractivity contribution is -0.137. The van der Waals surface area contributed by atoms with Crippen LogP contribution in [0.1, 0.15) is 31.4 Å². The van der Waals surface area contributed by atoms with Crippen LogP contribution in [0.5, 0.6) is 0 Å². The molecule has 0 saturated carbocycles. The molecule has 0 aliphatic carbocycles. The van der Waals surface area contributed by atoms with Gasteiger partial charge in [0, 0.05) is 5.56 Å². The summed E-state index contributed by atoms with van der Waals surface area (Å²) in [5.74, 6) is -1.04. The fourth-order valence-electron chi connectivity index (χ4n) is 1.32. The van der Waals surface area contributed by atoms with Crippen molar-refractivity contribution in [2.45, 2.75) is 32.0 Å². The van der Waals surface area contributed by atoms with Crippen molar-refractivity contribution in [3.63, 3.8) is 0 Å². The highest BCUT2D eigenvalue weighted by molar-refractivity contribution is 5.29. The zero-order chi connectivity index (χ0) is 12.6. The maximum atomic E-state index is 13.4. The van der Waals surface area contributed by atoms with Crippen molar-refractivity contribution in [3.05, 3.63) is 35.1 Å². The van der Waals surface area contributed by atoms with Crippen molar-refractivity contribution in [3.8, 4) is 0 Å². The predicted molar refractivity (Wildman–Crippen MR) is 51.3 cm³/mol. The number of alkyl halides is 3. The van der Waals surface area contributed by atoms with Gasteiger partial charge >= 0.3 is 6.18 Å². The van der Waals surface area contributed by atoms with E-state index in [4.69, 9.17) is 0 Å². The Morgan fingerprint density at radius 3 is 2.19 bits per heavy atom. The second kappa shape index (κ2) is 4.05. The van der Waals surface area contributed by atoms with Gasteiger partial charge in [0.2, 0.25) is 0 Å². The largest absolute Gasteiger partial charge is 0.416 e. The molecule has 16 heavy (non-hydrogen) atoms. The van der Waals surface area contributed by atoms with Crippen LogP contribution in [0.25, 0.3) is 0 Å². The molecule has 1 N–H and O–H groups in total. The van der Waals surface area contributed by atoms with Crippen LogP contribution < -0.4 is 0 Å². The van der Waals surface area contributed by atoms with Gasteiger partial charge in [-0.2, -0.15) is 13.2 Å². The molecular weight excluding hydrogens is 224 g/mol. The normalized spacial score (nSPS) is 15.9. The molecule has 90 valence electrons.